The van der Waals surface area contributed by atoms with E-state index >= 15 is 0 Å². The lowest BCUT2D eigenvalue weighted by Crippen LogP contribution is -2.48. The SMILES string of the molecule is CC1CC(N)CC(C(=O)NC2(C)CCCC2)C1. The zero-order valence-electron chi connectivity index (χ0n) is 11.2. The molecule has 0 spiro atoms. The van der Waals surface area contributed by atoms with Crippen molar-refractivity contribution in [1.29, 1.82) is 0 Å². The molecule has 3 N–H and O–H groups in total. The summed E-state index contributed by atoms with van der Waals surface area (Å²) in [7, 11) is 0. The van der Waals surface area contributed by atoms with E-state index in [1.165, 1.54) is 12.8 Å². The van der Waals surface area contributed by atoms with Crippen molar-refractivity contribution in [1.82, 2.24) is 5.32 Å². The third kappa shape index (κ3) is 3.21. The fourth-order valence-corrected chi connectivity index (χ4v) is 3.55. The van der Waals surface area contributed by atoms with Crippen LogP contribution >= 0.6 is 0 Å². The minimum Gasteiger partial charge on any atom is -0.351 e. The van der Waals surface area contributed by atoms with Crippen LogP contribution in [0.4, 0.5) is 0 Å². The van der Waals surface area contributed by atoms with Crippen molar-refractivity contribution >= 4 is 5.91 Å². The number of hydrogen-bond acceptors (Lipinski definition) is 2. The molecule has 0 radical (unpaired) electrons. The molecule has 2 aliphatic rings. The topological polar surface area (TPSA) is 55.1 Å². The number of carbonyl (C=O) groups excluding carboxylic acids is 1. The van der Waals surface area contributed by atoms with Crippen molar-refractivity contribution in [3.63, 3.8) is 0 Å². The second-order valence-electron chi connectivity index (χ2n) is 6.53. The van der Waals surface area contributed by atoms with Crippen molar-refractivity contribution in [2.75, 3.05) is 0 Å². The van der Waals surface area contributed by atoms with Crippen LogP contribution in [0.2, 0.25) is 0 Å². The quantitative estimate of drug-likeness (QED) is 0.775. The van der Waals surface area contributed by atoms with Crippen LogP contribution in [0.1, 0.15) is 58.8 Å². The van der Waals surface area contributed by atoms with Gasteiger partial charge in [-0.3, -0.25) is 4.79 Å². The van der Waals surface area contributed by atoms with Gasteiger partial charge in [-0.15, -0.1) is 0 Å². The van der Waals surface area contributed by atoms with Crippen LogP contribution in [0, 0.1) is 11.8 Å². The molecule has 17 heavy (non-hydrogen) atoms. The Morgan fingerprint density at radius 1 is 1.24 bits per heavy atom. The van der Waals surface area contributed by atoms with E-state index in [4.69, 9.17) is 5.73 Å². The summed E-state index contributed by atoms with van der Waals surface area (Å²) < 4.78 is 0. The molecule has 2 aliphatic carbocycles. The number of carbonyl (C=O) groups is 1. The summed E-state index contributed by atoms with van der Waals surface area (Å²) in [5, 5.41) is 3.27. The van der Waals surface area contributed by atoms with Gasteiger partial charge in [0.05, 0.1) is 0 Å². The minimum atomic E-state index is 0.0574. The Labute approximate surface area is 105 Å². The van der Waals surface area contributed by atoms with Gasteiger partial charge in [0, 0.05) is 17.5 Å². The molecule has 3 unspecified atom stereocenters. The molecule has 2 saturated carbocycles. The van der Waals surface area contributed by atoms with E-state index < -0.39 is 0 Å². The maximum Gasteiger partial charge on any atom is 0.223 e. The largest absolute Gasteiger partial charge is 0.351 e. The molecule has 3 nitrogen and oxygen atoms in total. The Kier molecular flexibility index (Phi) is 3.76. The van der Waals surface area contributed by atoms with Gasteiger partial charge in [0.2, 0.25) is 5.91 Å². The molecule has 0 aromatic heterocycles. The van der Waals surface area contributed by atoms with E-state index in [9.17, 15) is 4.79 Å². The third-order valence-electron chi connectivity index (χ3n) is 4.48. The molecule has 0 aromatic rings. The normalized spacial score (nSPS) is 36.8. The summed E-state index contributed by atoms with van der Waals surface area (Å²) in [5.74, 6) is 0.980. The number of nitrogens with two attached hydrogens (primary N) is 1. The Bertz CT molecular complexity index is 274. The Hall–Kier alpha value is -0.570. The van der Waals surface area contributed by atoms with Crippen LogP contribution in [-0.4, -0.2) is 17.5 Å². The predicted octanol–water partition coefficient (Wildman–Crippen LogP) is 2.20. The smallest absolute Gasteiger partial charge is 0.223 e. The molecule has 0 heterocycles. The highest BCUT2D eigenvalue weighted by Gasteiger charge is 2.35. The lowest BCUT2D eigenvalue weighted by atomic mass is 9.79. The van der Waals surface area contributed by atoms with Crippen LogP contribution in [0.15, 0.2) is 0 Å². The highest BCUT2D eigenvalue weighted by molar-refractivity contribution is 5.79. The Morgan fingerprint density at radius 3 is 2.47 bits per heavy atom. The van der Waals surface area contributed by atoms with E-state index in [-0.39, 0.29) is 23.4 Å². The molecule has 1 amide bonds. The van der Waals surface area contributed by atoms with Crippen molar-refractivity contribution in [3.05, 3.63) is 0 Å². The summed E-state index contributed by atoms with van der Waals surface area (Å²) in [6.45, 7) is 4.39. The fraction of sp³-hybridized carbons (Fsp3) is 0.929. The molecule has 2 fully saturated rings. The number of nitrogens with one attached hydrogen (secondary N) is 1. The lowest BCUT2D eigenvalue weighted by molar-refractivity contribution is -0.128. The first kappa shape index (κ1) is 12.9. The molecule has 0 aliphatic heterocycles. The van der Waals surface area contributed by atoms with Gasteiger partial charge in [-0.2, -0.15) is 0 Å². The minimum absolute atomic E-state index is 0.0574. The van der Waals surface area contributed by atoms with Crippen LogP contribution < -0.4 is 11.1 Å². The van der Waals surface area contributed by atoms with Gasteiger partial charge in [0.25, 0.3) is 0 Å². The van der Waals surface area contributed by atoms with Gasteiger partial charge in [0.1, 0.15) is 0 Å². The van der Waals surface area contributed by atoms with Gasteiger partial charge in [0.15, 0.2) is 0 Å². The van der Waals surface area contributed by atoms with E-state index in [1.54, 1.807) is 0 Å². The molecular formula is C14H26N2O. The molecule has 3 heteroatoms. The Morgan fingerprint density at radius 2 is 1.88 bits per heavy atom. The van der Waals surface area contributed by atoms with Gasteiger partial charge < -0.3 is 11.1 Å². The molecule has 98 valence electrons. The number of amides is 1. The molecule has 0 saturated heterocycles. The third-order valence-corrected chi connectivity index (χ3v) is 4.48. The highest BCUT2D eigenvalue weighted by atomic mass is 16.2. The summed E-state index contributed by atoms with van der Waals surface area (Å²) >= 11 is 0. The maximum absolute atomic E-state index is 12.3. The second-order valence-corrected chi connectivity index (χ2v) is 6.53. The zero-order valence-corrected chi connectivity index (χ0v) is 11.2. The standard InChI is InChI=1S/C14H26N2O/c1-10-7-11(9-12(15)8-10)13(17)16-14(2)5-3-4-6-14/h10-12H,3-9,15H2,1-2H3,(H,16,17). The van der Waals surface area contributed by atoms with E-state index in [0.29, 0.717) is 5.92 Å². The van der Waals surface area contributed by atoms with E-state index in [2.05, 4.69) is 19.2 Å². The van der Waals surface area contributed by atoms with Crippen molar-refractivity contribution in [2.24, 2.45) is 17.6 Å². The summed E-state index contributed by atoms with van der Waals surface area (Å²) in [6, 6.07) is 0.214. The monoisotopic (exact) mass is 238 g/mol. The van der Waals surface area contributed by atoms with Crippen LogP contribution in [0.3, 0.4) is 0 Å². The number of rotatable bonds is 2. The maximum atomic E-state index is 12.3. The number of hydrogen-bond donors (Lipinski definition) is 2. The van der Waals surface area contributed by atoms with Gasteiger partial charge in [-0.05, 0) is 44.9 Å². The molecule has 0 aromatic carbocycles. The first-order valence-corrected chi connectivity index (χ1v) is 7.06. The summed E-state index contributed by atoms with van der Waals surface area (Å²) in [6.07, 6.45) is 7.71. The van der Waals surface area contributed by atoms with Crippen LogP contribution in [0.5, 0.6) is 0 Å². The average molecular weight is 238 g/mol. The molecule has 3 atom stereocenters. The summed E-state index contributed by atoms with van der Waals surface area (Å²) in [5.41, 5.74) is 6.07. The van der Waals surface area contributed by atoms with E-state index in [0.717, 1.165) is 32.1 Å². The average Bonchev–Trinajstić information content (AvgIpc) is 2.63. The molecular weight excluding hydrogens is 212 g/mol. The molecule has 0 bridgehead atoms. The van der Waals surface area contributed by atoms with Gasteiger partial charge in [-0.1, -0.05) is 19.8 Å². The fourth-order valence-electron chi connectivity index (χ4n) is 3.55. The first-order chi connectivity index (χ1) is 7.98. The van der Waals surface area contributed by atoms with E-state index in [1.807, 2.05) is 0 Å². The second kappa shape index (κ2) is 4.97. The summed E-state index contributed by atoms with van der Waals surface area (Å²) in [4.78, 5) is 12.3. The Balaban J connectivity index is 1.90. The zero-order chi connectivity index (χ0) is 12.5. The highest BCUT2D eigenvalue weighted by Crippen LogP contribution is 2.32. The first-order valence-electron chi connectivity index (χ1n) is 7.06. The predicted molar refractivity (Wildman–Crippen MR) is 69.5 cm³/mol. The van der Waals surface area contributed by atoms with Crippen LogP contribution in [-0.2, 0) is 4.79 Å². The lowest BCUT2D eigenvalue weighted by Gasteiger charge is -2.33. The molecule has 2 rings (SSSR count). The van der Waals surface area contributed by atoms with Gasteiger partial charge in [-0.25, -0.2) is 0 Å². The van der Waals surface area contributed by atoms with Crippen molar-refractivity contribution in [3.8, 4) is 0 Å². The van der Waals surface area contributed by atoms with Crippen LogP contribution in [0.25, 0.3) is 0 Å². The van der Waals surface area contributed by atoms with Crippen molar-refractivity contribution in [2.45, 2.75) is 70.4 Å². The van der Waals surface area contributed by atoms with Gasteiger partial charge >= 0.3 is 0 Å². The van der Waals surface area contributed by atoms with Crippen molar-refractivity contribution < 1.29 is 4.79 Å².